The van der Waals surface area contributed by atoms with Crippen LogP contribution in [0.2, 0.25) is 0 Å². The first-order valence-corrected chi connectivity index (χ1v) is 8.69. The molecule has 0 unspecified atom stereocenters. The Labute approximate surface area is 156 Å². The fourth-order valence-corrected chi connectivity index (χ4v) is 2.85. The Kier molecular flexibility index (Phi) is 3.88. The molecule has 136 valence electrons. The number of H-pyrrole nitrogens is 1. The lowest BCUT2D eigenvalue weighted by Gasteiger charge is -2.16. The SMILES string of the molecule is CC(C)(C)C(=O)Oc1ccc2c(c1)O/C(=C/c1c[nH]c3ccccc13)C2=O. The van der Waals surface area contributed by atoms with Crippen LogP contribution < -0.4 is 9.47 Å². The van der Waals surface area contributed by atoms with Crippen LogP contribution in [0.25, 0.3) is 17.0 Å². The maximum Gasteiger partial charge on any atom is 0.316 e. The van der Waals surface area contributed by atoms with Crippen molar-refractivity contribution < 1.29 is 19.1 Å². The van der Waals surface area contributed by atoms with Crippen LogP contribution in [0.5, 0.6) is 11.5 Å². The Bertz CT molecular complexity index is 1100. The van der Waals surface area contributed by atoms with Gasteiger partial charge in [0.15, 0.2) is 5.76 Å². The van der Waals surface area contributed by atoms with Crippen molar-refractivity contribution in [1.29, 1.82) is 0 Å². The number of aromatic amines is 1. The van der Waals surface area contributed by atoms with Crippen molar-refractivity contribution in [2.24, 2.45) is 5.41 Å². The average molecular weight is 361 g/mol. The van der Waals surface area contributed by atoms with E-state index in [4.69, 9.17) is 9.47 Å². The lowest BCUT2D eigenvalue weighted by atomic mass is 9.97. The molecule has 0 atom stereocenters. The van der Waals surface area contributed by atoms with Crippen molar-refractivity contribution in [3.05, 3.63) is 65.5 Å². The topological polar surface area (TPSA) is 68.4 Å². The summed E-state index contributed by atoms with van der Waals surface area (Å²) in [4.78, 5) is 27.9. The fraction of sp³-hybridized carbons (Fsp3) is 0.182. The van der Waals surface area contributed by atoms with Crippen LogP contribution in [0.15, 0.2) is 54.4 Å². The molecule has 27 heavy (non-hydrogen) atoms. The number of nitrogens with one attached hydrogen (secondary N) is 1. The molecule has 2 aromatic carbocycles. The molecule has 5 heteroatoms. The van der Waals surface area contributed by atoms with Crippen molar-refractivity contribution in [1.82, 2.24) is 4.98 Å². The number of rotatable bonds is 2. The Morgan fingerprint density at radius 1 is 1.15 bits per heavy atom. The molecular formula is C22H19NO4. The quantitative estimate of drug-likeness (QED) is 0.407. The molecule has 1 N–H and O–H groups in total. The van der Waals surface area contributed by atoms with E-state index in [1.807, 2.05) is 30.5 Å². The normalized spacial score (nSPS) is 15.1. The number of benzene rings is 2. The third-order valence-electron chi connectivity index (χ3n) is 4.37. The number of hydrogen-bond acceptors (Lipinski definition) is 4. The molecule has 0 aliphatic carbocycles. The van der Waals surface area contributed by atoms with Crippen molar-refractivity contribution in [2.75, 3.05) is 0 Å². The molecule has 1 aliphatic rings. The zero-order valence-corrected chi connectivity index (χ0v) is 15.3. The van der Waals surface area contributed by atoms with Crippen molar-refractivity contribution in [2.45, 2.75) is 20.8 Å². The first-order valence-electron chi connectivity index (χ1n) is 8.69. The molecule has 0 fully saturated rings. The summed E-state index contributed by atoms with van der Waals surface area (Å²) in [6.45, 7) is 5.35. The second-order valence-electron chi connectivity index (χ2n) is 7.53. The zero-order valence-electron chi connectivity index (χ0n) is 15.3. The van der Waals surface area contributed by atoms with Gasteiger partial charge in [-0.3, -0.25) is 9.59 Å². The summed E-state index contributed by atoms with van der Waals surface area (Å²) in [7, 11) is 0. The summed E-state index contributed by atoms with van der Waals surface area (Å²) in [6.07, 6.45) is 3.57. The van der Waals surface area contributed by atoms with E-state index in [1.54, 1.807) is 45.0 Å². The highest BCUT2D eigenvalue weighted by atomic mass is 16.5. The highest BCUT2D eigenvalue weighted by Crippen LogP contribution is 2.36. The molecule has 2 heterocycles. The Balaban J connectivity index is 1.63. The third-order valence-corrected chi connectivity index (χ3v) is 4.37. The summed E-state index contributed by atoms with van der Waals surface area (Å²) < 4.78 is 11.1. The van der Waals surface area contributed by atoms with E-state index in [1.165, 1.54) is 0 Å². The minimum Gasteiger partial charge on any atom is -0.452 e. The number of Topliss-reactive ketones (excluding diaryl/α,β-unsaturated/α-hetero) is 1. The van der Waals surface area contributed by atoms with Gasteiger partial charge in [0.05, 0.1) is 11.0 Å². The van der Waals surface area contributed by atoms with E-state index in [2.05, 4.69) is 4.98 Å². The lowest BCUT2D eigenvalue weighted by molar-refractivity contribution is -0.143. The summed E-state index contributed by atoms with van der Waals surface area (Å²) >= 11 is 0. The van der Waals surface area contributed by atoms with E-state index in [-0.39, 0.29) is 17.5 Å². The number of ketones is 1. The van der Waals surface area contributed by atoms with E-state index in [9.17, 15) is 9.59 Å². The molecule has 0 saturated carbocycles. The zero-order chi connectivity index (χ0) is 19.2. The van der Waals surface area contributed by atoms with Crippen LogP contribution in [0.4, 0.5) is 0 Å². The van der Waals surface area contributed by atoms with Gasteiger partial charge in [-0.15, -0.1) is 0 Å². The van der Waals surface area contributed by atoms with Gasteiger partial charge in [0.1, 0.15) is 11.5 Å². The molecule has 3 aromatic rings. The lowest BCUT2D eigenvalue weighted by Crippen LogP contribution is -2.25. The van der Waals surface area contributed by atoms with Crippen molar-refractivity contribution in [3.8, 4) is 11.5 Å². The molecule has 0 radical (unpaired) electrons. The molecule has 0 bridgehead atoms. The molecule has 1 aromatic heterocycles. The van der Waals surface area contributed by atoms with Crippen LogP contribution in [0.3, 0.4) is 0 Å². The standard InChI is InChI=1S/C22H19NO4/c1-22(2,3)21(25)26-14-8-9-16-18(11-14)27-19(20(16)24)10-13-12-23-17-7-5-4-6-15(13)17/h4-12,23H,1-3H3/b19-10+. The molecule has 1 aliphatic heterocycles. The summed E-state index contributed by atoms with van der Waals surface area (Å²) in [5.74, 6) is 0.458. The number of para-hydroxylation sites is 1. The van der Waals surface area contributed by atoms with E-state index in [0.29, 0.717) is 17.1 Å². The van der Waals surface area contributed by atoms with E-state index >= 15 is 0 Å². The molecular weight excluding hydrogens is 342 g/mol. The molecule has 0 saturated heterocycles. The van der Waals surface area contributed by atoms with E-state index in [0.717, 1.165) is 16.5 Å². The van der Waals surface area contributed by atoms with Crippen LogP contribution in [-0.4, -0.2) is 16.7 Å². The monoisotopic (exact) mass is 361 g/mol. The molecule has 0 amide bonds. The van der Waals surface area contributed by atoms with Gasteiger partial charge in [-0.1, -0.05) is 18.2 Å². The minimum atomic E-state index is -0.615. The van der Waals surface area contributed by atoms with Gasteiger partial charge in [-0.05, 0) is 45.0 Å². The average Bonchev–Trinajstić information content (AvgIpc) is 3.16. The molecule has 0 spiro atoms. The van der Waals surface area contributed by atoms with Gasteiger partial charge >= 0.3 is 5.97 Å². The number of aromatic nitrogens is 1. The first kappa shape index (κ1) is 17.1. The van der Waals surface area contributed by atoms with Crippen LogP contribution in [-0.2, 0) is 4.79 Å². The minimum absolute atomic E-state index is 0.191. The van der Waals surface area contributed by atoms with Gasteiger partial charge in [-0.2, -0.15) is 0 Å². The number of hydrogen-bond donors (Lipinski definition) is 1. The second kappa shape index (κ2) is 6.13. The van der Waals surface area contributed by atoms with E-state index < -0.39 is 5.41 Å². The van der Waals surface area contributed by atoms with Gasteiger partial charge in [0.2, 0.25) is 5.78 Å². The molecule has 4 rings (SSSR count). The maximum atomic E-state index is 12.6. The van der Waals surface area contributed by atoms with Crippen LogP contribution in [0.1, 0.15) is 36.7 Å². The number of allylic oxidation sites excluding steroid dienone is 1. The smallest absolute Gasteiger partial charge is 0.316 e. The Morgan fingerprint density at radius 3 is 2.70 bits per heavy atom. The van der Waals surface area contributed by atoms with Crippen molar-refractivity contribution >= 4 is 28.7 Å². The van der Waals surface area contributed by atoms with Gasteiger partial charge < -0.3 is 14.5 Å². The highest BCUT2D eigenvalue weighted by molar-refractivity contribution is 6.15. The number of ether oxygens (including phenoxy) is 2. The largest absolute Gasteiger partial charge is 0.452 e. The van der Waals surface area contributed by atoms with Crippen LogP contribution in [0, 0.1) is 5.41 Å². The van der Waals surface area contributed by atoms with Gasteiger partial charge in [0.25, 0.3) is 0 Å². The van der Waals surface area contributed by atoms with Gasteiger partial charge in [-0.25, -0.2) is 0 Å². The fourth-order valence-electron chi connectivity index (χ4n) is 2.85. The summed E-state index contributed by atoms with van der Waals surface area (Å²) in [6, 6.07) is 12.7. The second-order valence-corrected chi connectivity index (χ2v) is 7.53. The number of carbonyl (C=O) groups is 2. The number of fused-ring (bicyclic) bond motifs is 2. The molecule has 5 nitrogen and oxygen atoms in total. The predicted molar refractivity (Wildman–Crippen MR) is 103 cm³/mol. The first-order chi connectivity index (χ1) is 12.8. The van der Waals surface area contributed by atoms with Gasteiger partial charge in [0, 0.05) is 28.7 Å². The highest BCUT2D eigenvalue weighted by Gasteiger charge is 2.29. The maximum absolute atomic E-state index is 12.6. The number of carbonyl (C=O) groups excluding carboxylic acids is 2. The Morgan fingerprint density at radius 2 is 1.93 bits per heavy atom. The van der Waals surface area contributed by atoms with Crippen molar-refractivity contribution in [3.63, 3.8) is 0 Å². The Hall–Kier alpha value is -3.34. The summed E-state index contributed by atoms with van der Waals surface area (Å²) in [5.41, 5.74) is 1.71. The van der Waals surface area contributed by atoms with Crippen LogP contribution >= 0.6 is 0 Å². The summed E-state index contributed by atoms with van der Waals surface area (Å²) in [5, 5.41) is 1.01. The number of esters is 1. The predicted octanol–water partition coefficient (Wildman–Crippen LogP) is 4.74. The third kappa shape index (κ3) is 3.12.